The number of hydrogen-bond acceptors (Lipinski definition) is 4. The zero-order valence-electron chi connectivity index (χ0n) is 21.0. The van der Waals surface area contributed by atoms with Crippen LogP contribution in [-0.2, 0) is 6.54 Å². The minimum Gasteiger partial charge on any atom is -0.467 e. The molecule has 2 N–H and O–H groups in total. The van der Waals surface area contributed by atoms with Crippen LogP contribution in [-0.4, -0.2) is 41.7 Å². The summed E-state index contributed by atoms with van der Waals surface area (Å²) >= 11 is 0. The third-order valence-electron chi connectivity index (χ3n) is 7.72. The molecule has 2 atom stereocenters. The number of likely N-dealkylation sites (tertiary alicyclic amines) is 1. The molecule has 0 saturated carbocycles. The Morgan fingerprint density at radius 2 is 1.78 bits per heavy atom. The van der Waals surface area contributed by atoms with E-state index in [9.17, 15) is 9.59 Å². The van der Waals surface area contributed by atoms with Crippen LogP contribution in [0.25, 0.3) is 0 Å². The maximum Gasteiger partial charge on any atom is 0.325 e. The van der Waals surface area contributed by atoms with Crippen LogP contribution < -0.4 is 20.3 Å². The van der Waals surface area contributed by atoms with Crippen molar-refractivity contribution in [2.24, 2.45) is 0 Å². The molecule has 7 nitrogen and oxygen atoms in total. The summed E-state index contributed by atoms with van der Waals surface area (Å²) in [6, 6.07) is 25.4. The number of nitrogens with one attached hydrogen (secondary N) is 2. The molecule has 2 bridgehead atoms. The first-order valence-corrected chi connectivity index (χ1v) is 13.0. The van der Waals surface area contributed by atoms with Crippen LogP contribution in [0.3, 0.4) is 0 Å². The summed E-state index contributed by atoms with van der Waals surface area (Å²) in [5.41, 5.74) is 2.65. The molecule has 0 spiro atoms. The van der Waals surface area contributed by atoms with E-state index in [1.807, 2.05) is 49.4 Å². The summed E-state index contributed by atoms with van der Waals surface area (Å²) in [6.45, 7) is 4.77. The van der Waals surface area contributed by atoms with Crippen molar-refractivity contribution in [2.75, 3.05) is 18.0 Å². The van der Waals surface area contributed by atoms with Crippen LogP contribution in [0.5, 0.6) is 5.75 Å². The van der Waals surface area contributed by atoms with Crippen LogP contribution >= 0.6 is 0 Å². The van der Waals surface area contributed by atoms with E-state index in [0.29, 0.717) is 17.7 Å². The lowest BCUT2D eigenvalue weighted by molar-refractivity contribution is 0.0378. The number of carbonyl (C=O) groups excluding carboxylic acids is 2. The number of urea groups is 1. The Bertz CT molecular complexity index is 1300. The Kier molecular flexibility index (Phi) is 6.08. The molecule has 0 aromatic heterocycles. The Labute approximate surface area is 217 Å². The van der Waals surface area contributed by atoms with Gasteiger partial charge in [-0.15, -0.1) is 0 Å². The number of carbonyl (C=O) groups is 2. The van der Waals surface area contributed by atoms with Crippen molar-refractivity contribution < 1.29 is 14.3 Å². The first-order valence-electron chi connectivity index (χ1n) is 13.0. The number of amides is 3. The van der Waals surface area contributed by atoms with Gasteiger partial charge < -0.3 is 15.4 Å². The second kappa shape index (κ2) is 9.56. The van der Waals surface area contributed by atoms with Gasteiger partial charge in [-0.25, -0.2) is 4.79 Å². The molecule has 3 aliphatic heterocycles. The minimum absolute atomic E-state index is 0.0991. The van der Waals surface area contributed by atoms with E-state index in [4.69, 9.17) is 4.74 Å². The predicted molar refractivity (Wildman–Crippen MR) is 142 cm³/mol. The summed E-state index contributed by atoms with van der Waals surface area (Å²) in [4.78, 5) is 30.5. The van der Waals surface area contributed by atoms with Gasteiger partial charge in [0.15, 0.2) is 5.72 Å². The average molecular weight is 497 g/mol. The van der Waals surface area contributed by atoms with E-state index in [2.05, 4.69) is 39.8 Å². The lowest BCUT2D eigenvalue weighted by Gasteiger charge is -2.50. The van der Waals surface area contributed by atoms with Crippen molar-refractivity contribution in [1.29, 1.82) is 0 Å². The van der Waals surface area contributed by atoms with Crippen LogP contribution in [0, 0.1) is 0 Å². The molecule has 3 aromatic carbocycles. The van der Waals surface area contributed by atoms with Crippen LogP contribution in [0.4, 0.5) is 10.5 Å². The number of anilines is 1. The van der Waals surface area contributed by atoms with Crippen LogP contribution in [0.2, 0.25) is 0 Å². The third-order valence-corrected chi connectivity index (χ3v) is 7.72. The average Bonchev–Trinajstić information content (AvgIpc) is 2.90. The molecule has 7 heteroatoms. The monoisotopic (exact) mass is 496 g/mol. The van der Waals surface area contributed by atoms with Gasteiger partial charge >= 0.3 is 6.03 Å². The Balaban J connectivity index is 1.13. The molecule has 3 aliphatic rings. The van der Waals surface area contributed by atoms with Crippen molar-refractivity contribution >= 4 is 17.6 Å². The van der Waals surface area contributed by atoms with E-state index in [1.165, 1.54) is 5.56 Å². The molecular formula is C30H32N4O3. The Morgan fingerprint density at radius 1 is 1.03 bits per heavy atom. The van der Waals surface area contributed by atoms with Gasteiger partial charge in [0.2, 0.25) is 0 Å². The standard InChI is InChI=1S/C30H32N4O3/c1-30-19-26(25-12-5-6-13-27(25)37-30)32-29(36)34(30)24-11-7-10-22(18-24)28(35)31-23-14-16-33(17-15-23)20-21-8-3-2-4-9-21/h2-13,18,23,26H,14-17,19-20H2,1H3,(H,31,35)(H,32,36)/t26-,30-/m1/s1. The number of fused-ring (bicyclic) bond motifs is 4. The van der Waals surface area contributed by atoms with Crippen molar-refractivity contribution in [2.45, 2.75) is 50.5 Å². The van der Waals surface area contributed by atoms with Gasteiger partial charge in [-0.05, 0) is 49.6 Å². The number of para-hydroxylation sites is 1. The normalized spacial score (nSPS) is 23.5. The fraction of sp³-hybridized carbons (Fsp3) is 0.333. The van der Waals surface area contributed by atoms with Crippen molar-refractivity contribution in [3.63, 3.8) is 0 Å². The number of piperidine rings is 1. The van der Waals surface area contributed by atoms with E-state index in [0.717, 1.165) is 43.8 Å². The van der Waals surface area contributed by atoms with Crippen molar-refractivity contribution in [1.82, 2.24) is 15.5 Å². The van der Waals surface area contributed by atoms with Gasteiger partial charge in [-0.3, -0.25) is 14.6 Å². The van der Waals surface area contributed by atoms with E-state index in [1.54, 1.807) is 17.0 Å². The van der Waals surface area contributed by atoms with Gasteiger partial charge in [0.1, 0.15) is 5.75 Å². The fourth-order valence-electron chi connectivity index (χ4n) is 5.85. The smallest absolute Gasteiger partial charge is 0.325 e. The number of benzene rings is 3. The summed E-state index contributed by atoms with van der Waals surface area (Å²) in [5, 5.41) is 6.33. The van der Waals surface area contributed by atoms with Gasteiger partial charge in [0, 0.05) is 43.2 Å². The lowest BCUT2D eigenvalue weighted by atomic mass is 9.90. The molecule has 37 heavy (non-hydrogen) atoms. The van der Waals surface area contributed by atoms with E-state index in [-0.39, 0.29) is 24.0 Å². The zero-order chi connectivity index (χ0) is 25.4. The second-order valence-electron chi connectivity index (χ2n) is 10.4. The molecule has 3 heterocycles. The SMILES string of the molecule is C[C@@]12C[C@@H](NC(=O)N1c1cccc(C(=O)NC3CCN(Cc4ccccc4)CC3)c1)c1ccccc1O2. The number of ether oxygens (including phenoxy) is 1. The van der Waals surface area contributed by atoms with E-state index < -0.39 is 5.72 Å². The molecule has 2 fully saturated rings. The van der Waals surface area contributed by atoms with E-state index >= 15 is 0 Å². The highest BCUT2D eigenvalue weighted by atomic mass is 16.5. The molecule has 0 aliphatic carbocycles. The maximum absolute atomic E-state index is 13.2. The molecule has 190 valence electrons. The highest BCUT2D eigenvalue weighted by Crippen LogP contribution is 2.45. The topological polar surface area (TPSA) is 73.9 Å². The quantitative estimate of drug-likeness (QED) is 0.530. The minimum atomic E-state index is -0.845. The Morgan fingerprint density at radius 3 is 2.59 bits per heavy atom. The zero-order valence-corrected chi connectivity index (χ0v) is 21.0. The van der Waals surface area contributed by atoms with Crippen LogP contribution in [0.1, 0.15) is 53.7 Å². The number of hydrogen-bond donors (Lipinski definition) is 2. The predicted octanol–water partition coefficient (Wildman–Crippen LogP) is 4.85. The summed E-state index contributed by atoms with van der Waals surface area (Å²) in [7, 11) is 0. The molecule has 3 aromatic rings. The highest BCUT2D eigenvalue weighted by molar-refractivity contribution is 5.99. The van der Waals surface area contributed by atoms with Gasteiger partial charge in [-0.1, -0.05) is 54.6 Å². The molecule has 6 rings (SSSR count). The van der Waals surface area contributed by atoms with Crippen molar-refractivity contribution in [3.8, 4) is 5.75 Å². The van der Waals surface area contributed by atoms with Gasteiger partial charge in [0.25, 0.3) is 5.91 Å². The molecule has 3 amide bonds. The highest BCUT2D eigenvalue weighted by Gasteiger charge is 2.49. The number of rotatable bonds is 5. The summed E-state index contributed by atoms with van der Waals surface area (Å²) < 4.78 is 6.36. The first-order chi connectivity index (χ1) is 18.0. The van der Waals surface area contributed by atoms with Crippen LogP contribution in [0.15, 0.2) is 78.9 Å². The maximum atomic E-state index is 13.2. The molecule has 0 unspecified atom stereocenters. The number of nitrogens with zero attached hydrogens (tertiary/aromatic N) is 2. The Hall–Kier alpha value is -3.84. The second-order valence-corrected chi connectivity index (χ2v) is 10.4. The first kappa shape index (κ1) is 23.6. The van der Waals surface area contributed by atoms with Crippen molar-refractivity contribution in [3.05, 3.63) is 95.6 Å². The molecule has 2 saturated heterocycles. The van der Waals surface area contributed by atoms with Gasteiger partial charge in [-0.2, -0.15) is 0 Å². The molecular weight excluding hydrogens is 464 g/mol. The fourth-order valence-corrected chi connectivity index (χ4v) is 5.85. The summed E-state index contributed by atoms with van der Waals surface area (Å²) in [6.07, 6.45) is 2.45. The molecule has 0 radical (unpaired) electrons. The van der Waals surface area contributed by atoms with Gasteiger partial charge in [0.05, 0.1) is 11.7 Å². The largest absolute Gasteiger partial charge is 0.467 e. The third kappa shape index (κ3) is 4.67. The summed E-state index contributed by atoms with van der Waals surface area (Å²) in [5.74, 6) is 0.664. The lowest BCUT2D eigenvalue weighted by Crippen LogP contribution is -2.65.